The first kappa shape index (κ1) is 13.3. The van der Waals surface area contributed by atoms with Crippen LogP contribution in [0.25, 0.3) is 0 Å². The van der Waals surface area contributed by atoms with E-state index >= 15 is 0 Å². The SMILES string of the molecule is CNc1ccc(C(=O)c2ccc(C)c(C)c2C)cc1. The third kappa shape index (κ3) is 2.53. The highest BCUT2D eigenvalue weighted by Crippen LogP contribution is 2.21. The molecule has 0 amide bonds. The number of nitrogens with one attached hydrogen (secondary N) is 1. The molecule has 0 unspecified atom stereocenters. The minimum atomic E-state index is 0.0863. The molecule has 0 fully saturated rings. The zero-order chi connectivity index (χ0) is 14.0. The molecule has 0 saturated heterocycles. The van der Waals surface area contributed by atoms with Gasteiger partial charge in [-0.25, -0.2) is 0 Å². The van der Waals surface area contributed by atoms with Crippen molar-refractivity contribution in [2.24, 2.45) is 0 Å². The summed E-state index contributed by atoms with van der Waals surface area (Å²) in [7, 11) is 1.87. The van der Waals surface area contributed by atoms with Gasteiger partial charge in [-0.2, -0.15) is 0 Å². The van der Waals surface area contributed by atoms with E-state index in [-0.39, 0.29) is 5.78 Å². The molecule has 2 aromatic carbocycles. The minimum absolute atomic E-state index is 0.0863. The lowest BCUT2D eigenvalue weighted by molar-refractivity contribution is 0.103. The molecule has 0 aliphatic carbocycles. The molecule has 2 aromatic rings. The number of hydrogen-bond donors (Lipinski definition) is 1. The molecule has 98 valence electrons. The quantitative estimate of drug-likeness (QED) is 0.841. The van der Waals surface area contributed by atoms with Gasteiger partial charge in [-0.15, -0.1) is 0 Å². The van der Waals surface area contributed by atoms with Crippen LogP contribution in [0.15, 0.2) is 36.4 Å². The maximum absolute atomic E-state index is 12.5. The van der Waals surface area contributed by atoms with Crippen LogP contribution in [0.1, 0.15) is 32.6 Å². The fourth-order valence-electron chi connectivity index (χ4n) is 2.15. The zero-order valence-electron chi connectivity index (χ0n) is 11.9. The van der Waals surface area contributed by atoms with Crippen molar-refractivity contribution in [3.05, 3.63) is 64.2 Å². The van der Waals surface area contributed by atoms with Crippen LogP contribution in [-0.2, 0) is 0 Å². The molecule has 0 atom stereocenters. The number of hydrogen-bond acceptors (Lipinski definition) is 2. The van der Waals surface area contributed by atoms with Crippen LogP contribution in [-0.4, -0.2) is 12.8 Å². The number of carbonyl (C=O) groups is 1. The molecule has 0 spiro atoms. The van der Waals surface area contributed by atoms with Crippen molar-refractivity contribution in [1.82, 2.24) is 0 Å². The summed E-state index contributed by atoms with van der Waals surface area (Å²) in [6, 6.07) is 11.5. The summed E-state index contributed by atoms with van der Waals surface area (Å²) in [5, 5.41) is 3.05. The molecule has 2 rings (SSSR count). The van der Waals surface area contributed by atoms with Gasteiger partial charge in [-0.05, 0) is 61.7 Å². The van der Waals surface area contributed by atoms with Crippen LogP contribution in [0.4, 0.5) is 5.69 Å². The maximum atomic E-state index is 12.5. The number of rotatable bonds is 3. The molecule has 1 N–H and O–H groups in total. The normalized spacial score (nSPS) is 10.3. The van der Waals surface area contributed by atoms with Crippen LogP contribution >= 0.6 is 0 Å². The molecule has 2 nitrogen and oxygen atoms in total. The third-order valence-corrected chi connectivity index (χ3v) is 3.74. The van der Waals surface area contributed by atoms with E-state index in [0.29, 0.717) is 0 Å². The smallest absolute Gasteiger partial charge is 0.193 e. The van der Waals surface area contributed by atoms with E-state index in [2.05, 4.69) is 19.2 Å². The molecule has 0 radical (unpaired) electrons. The summed E-state index contributed by atoms with van der Waals surface area (Å²) in [6.07, 6.45) is 0. The van der Waals surface area contributed by atoms with E-state index in [4.69, 9.17) is 0 Å². The molecule has 0 saturated carbocycles. The molecular weight excluding hydrogens is 234 g/mol. The Morgan fingerprint density at radius 3 is 2.11 bits per heavy atom. The molecule has 0 bridgehead atoms. The van der Waals surface area contributed by atoms with E-state index in [1.165, 1.54) is 11.1 Å². The van der Waals surface area contributed by atoms with Crippen molar-refractivity contribution in [3.8, 4) is 0 Å². The Hall–Kier alpha value is -2.09. The Kier molecular flexibility index (Phi) is 3.70. The number of benzene rings is 2. The number of ketones is 1. The fourth-order valence-corrected chi connectivity index (χ4v) is 2.15. The van der Waals surface area contributed by atoms with E-state index in [0.717, 1.165) is 22.4 Å². The van der Waals surface area contributed by atoms with Gasteiger partial charge in [0.25, 0.3) is 0 Å². The predicted octanol–water partition coefficient (Wildman–Crippen LogP) is 3.88. The summed E-state index contributed by atoms with van der Waals surface area (Å²) >= 11 is 0. The summed E-state index contributed by atoms with van der Waals surface area (Å²) in [6.45, 7) is 6.14. The van der Waals surface area contributed by atoms with Crippen molar-refractivity contribution in [2.45, 2.75) is 20.8 Å². The Balaban J connectivity index is 2.41. The summed E-state index contributed by atoms with van der Waals surface area (Å²) in [5.74, 6) is 0.0863. The maximum Gasteiger partial charge on any atom is 0.193 e. The molecule has 0 heterocycles. The molecule has 2 heteroatoms. The first-order valence-corrected chi connectivity index (χ1v) is 6.44. The molecule has 0 aliphatic rings. The Morgan fingerprint density at radius 2 is 1.53 bits per heavy atom. The fraction of sp³-hybridized carbons (Fsp3) is 0.235. The second-order valence-electron chi connectivity index (χ2n) is 4.84. The predicted molar refractivity (Wildman–Crippen MR) is 80.1 cm³/mol. The van der Waals surface area contributed by atoms with Crippen molar-refractivity contribution in [1.29, 1.82) is 0 Å². The van der Waals surface area contributed by atoms with Gasteiger partial charge >= 0.3 is 0 Å². The van der Waals surface area contributed by atoms with E-state index < -0.39 is 0 Å². The lowest BCUT2D eigenvalue weighted by atomic mass is 9.93. The Bertz CT molecular complexity index is 612. The largest absolute Gasteiger partial charge is 0.388 e. The van der Waals surface area contributed by atoms with Crippen LogP contribution < -0.4 is 5.32 Å². The van der Waals surface area contributed by atoms with Crippen LogP contribution in [0.5, 0.6) is 0 Å². The van der Waals surface area contributed by atoms with Crippen molar-refractivity contribution < 1.29 is 4.79 Å². The monoisotopic (exact) mass is 253 g/mol. The van der Waals surface area contributed by atoms with Gasteiger partial charge in [0.05, 0.1) is 0 Å². The standard InChI is InChI=1S/C17H19NO/c1-11-5-10-16(13(3)12(11)2)17(19)14-6-8-15(18-4)9-7-14/h5-10,18H,1-4H3. The second kappa shape index (κ2) is 5.27. The highest BCUT2D eigenvalue weighted by Gasteiger charge is 2.13. The summed E-state index contributed by atoms with van der Waals surface area (Å²) < 4.78 is 0. The van der Waals surface area contributed by atoms with Gasteiger partial charge in [0.15, 0.2) is 5.78 Å². The van der Waals surface area contributed by atoms with Gasteiger partial charge in [0, 0.05) is 23.9 Å². The average Bonchev–Trinajstić information content (AvgIpc) is 2.44. The van der Waals surface area contributed by atoms with Crippen molar-refractivity contribution in [2.75, 3.05) is 12.4 Å². The molecular formula is C17H19NO. The second-order valence-corrected chi connectivity index (χ2v) is 4.84. The van der Waals surface area contributed by atoms with E-state index in [1.807, 2.05) is 50.4 Å². The van der Waals surface area contributed by atoms with Gasteiger partial charge < -0.3 is 5.32 Å². The topological polar surface area (TPSA) is 29.1 Å². The zero-order valence-corrected chi connectivity index (χ0v) is 11.9. The number of anilines is 1. The minimum Gasteiger partial charge on any atom is -0.388 e. The van der Waals surface area contributed by atoms with Gasteiger partial charge in [-0.3, -0.25) is 4.79 Å². The highest BCUT2D eigenvalue weighted by atomic mass is 16.1. The van der Waals surface area contributed by atoms with Crippen LogP contribution in [0.3, 0.4) is 0 Å². The highest BCUT2D eigenvalue weighted by molar-refractivity contribution is 6.10. The first-order chi connectivity index (χ1) is 9.04. The van der Waals surface area contributed by atoms with Gasteiger partial charge in [0.1, 0.15) is 0 Å². The van der Waals surface area contributed by atoms with Gasteiger partial charge in [0.2, 0.25) is 0 Å². The number of carbonyl (C=O) groups excluding carboxylic acids is 1. The van der Waals surface area contributed by atoms with E-state index in [1.54, 1.807) is 0 Å². The molecule has 0 aliphatic heterocycles. The first-order valence-electron chi connectivity index (χ1n) is 6.44. The lowest BCUT2D eigenvalue weighted by Crippen LogP contribution is -2.05. The summed E-state index contributed by atoms with van der Waals surface area (Å²) in [4.78, 5) is 12.5. The van der Waals surface area contributed by atoms with E-state index in [9.17, 15) is 4.79 Å². The van der Waals surface area contributed by atoms with Crippen molar-refractivity contribution in [3.63, 3.8) is 0 Å². The average molecular weight is 253 g/mol. The molecule has 19 heavy (non-hydrogen) atoms. The van der Waals surface area contributed by atoms with Gasteiger partial charge in [-0.1, -0.05) is 12.1 Å². The Morgan fingerprint density at radius 1 is 0.895 bits per heavy atom. The van der Waals surface area contributed by atoms with Crippen LogP contribution in [0.2, 0.25) is 0 Å². The summed E-state index contributed by atoms with van der Waals surface area (Å²) in [5.41, 5.74) is 6.01. The van der Waals surface area contributed by atoms with Crippen molar-refractivity contribution >= 4 is 11.5 Å². The number of aryl methyl sites for hydroxylation is 1. The third-order valence-electron chi connectivity index (χ3n) is 3.74. The van der Waals surface area contributed by atoms with Crippen LogP contribution in [0, 0.1) is 20.8 Å². The lowest BCUT2D eigenvalue weighted by Gasteiger charge is -2.10. The molecule has 0 aromatic heterocycles. The Labute approximate surface area is 114 Å².